The van der Waals surface area contributed by atoms with Crippen molar-refractivity contribution in [2.24, 2.45) is 70.5 Å². The molecule has 0 aromatic carbocycles. The second-order valence-corrected chi connectivity index (χ2v) is 31.3. The Morgan fingerprint density at radius 1 is 0.426 bits per heavy atom. The molecule has 12 saturated heterocycles. The largest absolute Gasteiger partial charge is 0.463 e. The molecule has 3 saturated carbocycles. The molecule has 15 rings (SSSR count). The van der Waals surface area contributed by atoms with Gasteiger partial charge in [-0.05, 0) is 135 Å². The number of carbonyl (C=O) groups excluding carboxylic acids is 7. The van der Waals surface area contributed by atoms with Crippen molar-refractivity contribution in [3.63, 3.8) is 0 Å². The summed E-state index contributed by atoms with van der Waals surface area (Å²) in [6.07, 6.45) is -0.789. The number of alkyl carbamates (subject to hydrolysis) is 1. The summed E-state index contributed by atoms with van der Waals surface area (Å²) in [4.78, 5) is 133. The van der Waals surface area contributed by atoms with Crippen LogP contribution < -0.4 is 5.32 Å². The van der Waals surface area contributed by atoms with E-state index in [0.717, 1.165) is 57.8 Å². The molecule has 24 atom stereocenters. The SMILES string of the molecule is C[C@H]1[C@H](OC(=O)CCC(=O)OCC(COC(=O)CCC(=O)O[C@@H]2O[C@@H]3O[C@]4(C)CC[C@H]5[C@H](C)CC[C@@H]([C@H]2C)[C@@]35OO4)(COC(=O)CCC(=O)O[C@@H]2O[C@@H]3O[C@]4(C)CC[C@H]5[C@H](C)CC[C@@](C)([C@H]2C)[C@@]35OO4)NC(=O)OC(C)(C)C)O[C@@H]2O[C@]3(C)CC[C@H]4[C@H](C)CC[C@@H]1[C@@]24OO3. The molecule has 27 nitrogen and oxygen atoms in total. The second-order valence-electron chi connectivity index (χ2n) is 31.3. The van der Waals surface area contributed by atoms with Crippen LogP contribution in [0.4, 0.5) is 4.79 Å². The van der Waals surface area contributed by atoms with Gasteiger partial charge in [0.05, 0.1) is 38.5 Å². The third kappa shape index (κ3) is 12.7. The maximum Gasteiger partial charge on any atom is 0.408 e. The van der Waals surface area contributed by atoms with Gasteiger partial charge in [-0.1, -0.05) is 48.5 Å². The number of esters is 6. The summed E-state index contributed by atoms with van der Waals surface area (Å²) >= 11 is 0. The number of rotatable bonds is 19. The third-order valence-corrected chi connectivity index (χ3v) is 23.7. The lowest BCUT2D eigenvalue weighted by molar-refractivity contribution is -0.586. The van der Waals surface area contributed by atoms with Crippen LogP contribution in [0, 0.1) is 70.5 Å². The van der Waals surface area contributed by atoms with Crippen LogP contribution in [0.3, 0.4) is 0 Å². The van der Waals surface area contributed by atoms with Crippen LogP contribution >= 0.6 is 0 Å². The Balaban J connectivity index is 0.702. The molecule has 12 heterocycles. The highest BCUT2D eigenvalue weighted by Crippen LogP contribution is 2.67. The molecule has 27 heteroatoms. The lowest BCUT2D eigenvalue weighted by Crippen LogP contribution is -2.74. The van der Waals surface area contributed by atoms with Gasteiger partial charge in [0.15, 0.2) is 35.7 Å². The summed E-state index contributed by atoms with van der Waals surface area (Å²) in [5.41, 5.74) is -6.55. The van der Waals surface area contributed by atoms with Crippen LogP contribution in [0.25, 0.3) is 0 Å². The fourth-order valence-corrected chi connectivity index (χ4v) is 18.1. The lowest BCUT2D eigenvalue weighted by Gasteiger charge is -2.65. The van der Waals surface area contributed by atoms with Gasteiger partial charge in [0.1, 0.15) is 31.0 Å². The number of ether oxygens (including phenoxy) is 13. The molecule has 15 fully saturated rings. The molecule has 0 unspecified atom stereocenters. The van der Waals surface area contributed by atoms with Gasteiger partial charge in [0.25, 0.3) is 0 Å². The third-order valence-electron chi connectivity index (χ3n) is 23.7. The molecule has 94 heavy (non-hydrogen) atoms. The standard InChI is InChI=1S/C67H99NO26/c1-35-14-16-44-38(4)52(82-55-65(44)41(35)25-29-61(11,85-55)89-92-65)79-49(72)21-18-46(69)76-32-64(68-58(75)88-59(7,8)9,33-77-47(70)19-22-50(73)80-53-39(5)45-17-15-36(2)42-26-30-62(12)86-56(83-53)66(42,45)93-90-62)34-78-48(71)20-23-51(74)81-54-40(6)60(10)28-24-37(3)43-27-31-63(13)87-57(84-54)67(43,60)94-91-63/h35-45,52-57H,14-34H2,1-13H3,(H,68,75)/t35-,36-,37-,38-,39-,40+,41+,42+,43+,44+,45+,52-,53-,54-,55-,56-,57-,60+,61+,62+,63+,65-,66-,67+/m1/s1. The summed E-state index contributed by atoms with van der Waals surface area (Å²) in [5, 5.41) is 2.60. The Morgan fingerprint density at radius 3 is 1.26 bits per heavy atom. The molecule has 3 aliphatic carbocycles. The van der Waals surface area contributed by atoms with E-state index in [9.17, 15) is 33.6 Å². The van der Waals surface area contributed by atoms with Gasteiger partial charge < -0.3 is 66.9 Å². The van der Waals surface area contributed by atoms with Crippen molar-refractivity contribution in [3.05, 3.63) is 0 Å². The monoisotopic (exact) mass is 1330 g/mol. The molecule has 12 aliphatic heterocycles. The van der Waals surface area contributed by atoms with Gasteiger partial charge in [0.2, 0.25) is 36.2 Å². The van der Waals surface area contributed by atoms with E-state index >= 15 is 0 Å². The van der Waals surface area contributed by atoms with Gasteiger partial charge in [-0.2, -0.15) is 0 Å². The molecule has 0 aromatic heterocycles. The quantitative estimate of drug-likeness (QED) is 0.0717. The molecule has 1 amide bonds. The van der Waals surface area contributed by atoms with Crippen molar-refractivity contribution in [3.8, 4) is 0 Å². The van der Waals surface area contributed by atoms with Gasteiger partial charge in [-0.25, -0.2) is 34.1 Å². The summed E-state index contributed by atoms with van der Waals surface area (Å²) in [7, 11) is 0. The molecular formula is C67H99NO26. The molecule has 6 bridgehead atoms. The van der Waals surface area contributed by atoms with Crippen LogP contribution in [0.15, 0.2) is 0 Å². The Kier molecular flexibility index (Phi) is 19.0. The summed E-state index contributed by atoms with van der Waals surface area (Å²) in [6, 6.07) is 0. The molecule has 0 aromatic rings. The van der Waals surface area contributed by atoms with Crippen molar-refractivity contribution in [2.45, 2.75) is 289 Å². The maximum atomic E-state index is 13.8. The molecule has 1 N–H and O–H groups in total. The van der Waals surface area contributed by atoms with E-state index in [2.05, 4.69) is 33.0 Å². The van der Waals surface area contributed by atoms with E-state index in [1.165, 1.54) is 0 Å². The van der Waals surface area contributed by atoms with Crippen molar-refractivity contribution in [2.75, 3.05) is 19.8 Å². The van der Waals surface area contributed by atoms with E-state index in [1.54, 1.807) is 41.5 Å². The molecule has 15 aliphatic rings. The van der Waals surface area contributed by atoms with Crippen molar-refractivity contribution in [1.82, 2.24) is 5.32 Å². The first-order valence-electron chi connectivity index (χ1n) is 34.4. The summed E-state index contributed by atoms with van der Waals surface area (Å²) < 4.78 is 79.3. The predicted molar refractivity (Wildman–Crippen MR) is 316 cm³/mol. The fraction of sp³-hybridized carbons (Fsp3) is 0.896. The van der Waals surface area contributed by atoms with Gasteiger partial charge in [-0.3, -0.25) is 28.8 Å². The first kappa shape index (κ1) is 69.5. The fourth-order valence-electron chi connectivity index (χ4n) is 18.1. The van der Waals surface area contributed by atoms with Crippen molar-refractivity contribution >= 4 is 41.9 Å². The van der Waals surface area contributed by atoms with Crippen LogP contribution in [-0.2, 0) is 120 Å². The topological polar surface area (TPSA) is 307 Å². The molecule has 0 radical (unpaired) electrons. The molecular weight excluding hydrogens is 1230 g/mol. The minimum atomic E-state index is -2.09. The van der Waals surface area contributed by atoms with E-state index < -0.39 is 195 Å². The normalized spacial score (nSPS) is 45.2. The van der Waals surface area contributed by atoms with E-state index in [0.29, 0.717) is 31.1 Å². The van der Waals surface area contributed by atoms with Crippen LogP contribution in [0.5, 0.6) is 0 Å². The number of hydrogen-bond acceptors (Lipinski definition) is 26. The Bertz CT molecular complexity index is 2780. The minimum absolute atomic E-state index is 0.0469. The van der Waals surface area contributed by atoms with E-state index in [-0.39, 0.29) is 47.3 Å². The number of nitrogens with one attached hydrogen (secondary N) is 1. The highest BCUT2D eigenvalue weighted by Gasteiger charge is 2.76. The van der Waals surface area contributed by atoms with E-state index in [4.69, 9.17) is 90.9 Å². The first-order chi connectivity index (χ1) is 44.3. The van der Waals surface area contributed by atoms with Crippen LogP contribution in [-0.4, -0.2) is 145 Å². The number of carbonyl (C=O) groups is 7. The lowest BCUT2D eigenvalue weighted by atomic mass is 9.50. The van der Waals surface area contributed by atoms with E-state index in [1.807, 2.05) is 20.8 Å². The highest BCUT2D eigenvalue weighted by molar-refractivity contribution is 5.79. The predicted octanol–water partition coefficient (Wildman–Crippen LogP) is 8.86. The first-order valence-corrected chi connectivity index (χ1v) is 34.4. The van der Waals surface area contributed by atoms with Gasteiger partial charge in [-0.15, -0.1) is 0 Å². The van der Waals surface area contributed by atoms with Crippen molar-refractivity contribution < 1.29 is 124 Å². The Labute approximate surface area is 548 Å². The van der Waals surface area contributed by atoms with Crippen LogP contribution in [0.1, 0.15) is 206 Å². The molecule has 3 spiro atoms. The number of amides is 1. The summed E-state index contributed by atoms with van der Waals surface area (Å²) in [5.74, 6) is -8.66. The average Bonchev–Trinajstić information content (AvgIpc) is 1.26. The zero-order valence-corrected chi connectivity index (χ0v) is 56.8. The number of fused-ring (bicyclic) bond motifs is 6. The highest BCUT2D eigenvalue weighted by atomic mass is 17.3. The van der Waals surface area contributed by atoms with Gasteiger partial charge >= 0.3 is 41.9 Å². The van der Waals surface area contributed by atoms with Crippen molar-refractivity contribution in [1.29, 1.82) is 0 Å². The maximum absolute atomic E-state index is 13.8. The zero-order valence-electron chi connectivity index (χ0n) is 56.8. The zero-order chi connectivity index (χ0) is 67.3. The smallest absolute Gasteiger partial charge is 0.408 e. The molecule has 528 valence electrons. The minimum Gasteiger partial charge on any atom is -0.463 e. The average molecular weight is 1330 g/mol. The summed E-state index contributed by atoms with van der Waals surface area (Å²) in [6.45, 7) is 22.2. The van der Waals surface area contributed by atoms with Crippen LogP contribution in [0.2, 0.25) is 0 Å². The second kappa shape index (κ2) is 25.7. The number of hydrogen-bond donors (Lipinski definition) is 1. The Hall–Kier alpha value is -4.39. The van der Waals surface area contributed by atoms with Gasteiger partial charge in [0, 0.05) is 54.3 Å². The Morgan fingerprint density at radius 2 is 0.809 bits per heavy atom.